The zero-order valence-electron chi connectivity index (χ0n) is 9.52. The average molecular weight is 225 g/mol. The summed E-state index contributed by atoms with van der Waals surface area (Å²) in [6.07, 6.45) is 2.64. The van der Waals surface area contributed by atoms with E-state index in [0.717, 1.165) is 25.9 Å². The van der Waals surface area contributed by atoms with Gasteiger partial charge in [0.05, 0.1) is 0 Å². The number of hydrogen-bond acceptors (Lipinski definition) is 3. The van der Waals surface area contributed by atoms with Crippen LogP contribution in [0, 0.1) is 5.92 Å². The normalized spacial score (nSPS) is 25.9. The van der Waals surface area contributed by atoms with Crippen LogP contribution in [0.5, 0.6) is 0 Å². The molecule has 2 aliphatic rings. The highest BCUT2D eigenvalue weighted by molar-refractivity contribution is 5.76. The molecule has 2 saturated heterocycles. The van der Waals surface area contributed by atoms with E-state index in [1.165, 1.54) is 0 Å². The van der Waals surface area contributed by atoms with E-state index in [1.807, 2.05) is 4.90 Å². The first-order valence-electron chi connectivity index (χ1n) is 5.97. The highest BCUT2D eigenvalue weighted by Crippen LogP contribution is 2.14. The minimum atomic E-state index is 0.249. The Balaban J connectivity index is 1.75. The monoisotopic (exact) mass is 225 g/mol. The van der Waals surface area contributed by atoms with Gasteiger partial charge in [0.15, 0.2) is 0 Å². The van der Waals surface area contributed by atoms with Crippen molar-refractivity contribution < 1.29 is 9.59 Å². The van der Waals surface area contributed by atoms with Gasteiger partial charge in [0.25, 0.3) is 0 Å². The van der Waals surface area contributed by atoms with Gasteiger partial charge in [0.2, 0.25) is 12.3 Å². The Morgan fingerprint density at radius 3 is 2.62 bits per heavy atom. The number of amides is 2. The summed E-state index contributed by atoms with van der Waals surface area (Å²) in [5.74, 6) is 0.760. The lowest BCUT2D eigenvalue weighted by molar-refractivity contribution is -0.135. The molecule has 2 fully saturated rings. The Morgan fingerprint density at radius 1 is 1.31 bits per heavy atom. The first kappa shape index (κ1) is 11.4. The predicted octanol–water partition coefficient (Wildman–Crippen LogP) is -0.713. The number of carbonyl (C=O) groups excluding carboxylic acids is 2. The third kappa shape index (κ3) is 2.72. The van der Waals surface area contributed by atoms with Crippen molar-refractivity contribution in [1.29, 1.82) is 0 Å². The van der Waals surface area contributed by atoms with Crippen LogP contribution >= 0.6 is 0 Å². The largest absolute Gasteiger partial charge is 0.342 e. The van der Waals surface area contributed by atoms with Crippen LogP contribution < -0.4 is 5.32 Å². The quantitative estimate of drug-likeness (QED) is 0.645. The molecular formula is C11H19N3O2. The lowest BCUT2D eigenvalue weighted by Crippen LogP contribution is -2.48. The zero-order valence-corrected chi connectivity index (χ0v) is 9.52. The molecule has 16 heavy (non-hydrogen) atoms. The molecule has 90 valence electrons. The van der Waals surface area contributed by atoms with Crippen LogP contribution in [0.4, 0.5) is 0 Å². The maximum Gasteiger partial charge on any atom is 0.223 e. The fourth-order valence-electron chi connectivity index (χ4n) is 2.34. The molecule has 0 aromatic carbocycles. The van der Waals surface area contributed by atoms with Crippen molar-refractivity contribution in [2.75, 3.05) is 39.3 Å². The highest BCUT2D eigenvalue weighted by atomic mass is 16.2. The summed E-state index contributed by atoms with van der Waals surface area (Å²) in [5.41, 5.74) is 0. The van der Waals surface area contributed by atoms with Gasteiger partial charge in [-0.25, -0.2) is 0 Å². The Morgan fingerprint density at radius 2 is 2.06 bits per heavy atom. The fourth-order valence-corrected chi connectivity index (χ4v) is 2.34. The average Bonchev–Trinajstić information content (AvgIpc) is 2.82. The van der Waals surface area contributed by atoms with Crippen LogP contribution in [-0.4, -0.2) is 61.4 Å². The topological polar surface area (TPSA) is 52.7 Å². The van der Waals surface area contributed by atoms with Crippen molar-refractivity contribution in [2.45, 2.75) is 12.8 Å². The van der Waals surface area contributed by atoms with E-state index in [2.05, 4.69) is 5.32 Å². The Hall–Kier alpha value is -1.10. The lowest BCUT2D eigenvalue weighted by atomic mass is 10.0. The van der Waals surface area contributed by atoms with E-state index in [-0.39, 0.29) is 5.91 Å². The van der Waals surface area contributed by atoms with Gasteiger partial charge in [0, 0.05) is 32.6 Å². The van der Waals surface area contributed by atoms with E-state index in [1.54, 1.807) is 4.90 Å². The van der Waals surface area contributed by atoms with E-state index >= 15 is 0 Å². The molecule has 2 aliphatic heterocycles. The van der Waals surface area contributed by atoms with E-state index in [9.17, 15) is 9.59 Å². The molecule has 0 saturated carbocycles. The summed E-state index contributed by atoms with van der Waals surface area (Å²) in [6, 6.07) is 0. The molecule has 0 aromatic rings. The number of carbonyl (C=O) groups is 2. The Labute approximate surface area is 95.8 Å². The van der Waals surface area contributed by atoms with E-state index < -0.39 is 0 Å². The van der Waals surface area contributed by atoms with Crippen LogP contribution in [0.2, 0.25) is 0 Å². The summed E-state index contributed by atoms with van der Waals surface area (Å²) in [5, 5.41) is 3.27. The third-order valence-electron chi connectivity index (χ3n) is 3.44. The summed E-state index contributed by atoms with van der Waals surface area (Å²) in [7, 11) is 0. The minimum Gasteiger partial charge on any atom is -0.342 e. The smallest absolute Gasteiger partial charge is 0.223 e. The van der Waals surface area contributed by atoms with E-state index in [4.69, 9.17) is 0 Å². The third-order valence-corrected chi connectivity index (χ3v) is 3.44. The van der Waals surface area contributed by atoms with Gasteiger partial charge < -0.3 is 15.1 Å². The molecule has 1 atom stereocenters. The lowest BCUT2D eigenvalue weighted by Gasteiger charge is -2.33. The molecular weight excluding hydrogens is 206 g/mol. The predicted molar refractivity (Wildman–Crippen MR) is 59.8 cm³/mol. The maximum atomic E-state index is 11.9. The van der Waals surface area contributed by atoms with Crippen molar-refractivity contribution in [3.8, 4) is 0 Å². The van der Waals surface area contributed by atoms with Crippen LogP contribution in [0.25, 0.3) is 0 Å². The molecule has 0 aliphatic carbocycles. The van der Waals surface area contributed by atoms with Crippen molar-refractivity contribution in [2.24, 2.45) is 5.92 Å². The summed E-state index contributed by atoms with van der Waals surface area (Å²) in [4.78, 5) is 26.1. The second-order valence-electron chi connectivity index (χ2n) is 4.59. The van der Waals surface area contributed by atoms with Crippen molar-refractivity contribution in [3.63, 3.8) is 0 Å². The Bertz CT molecular complexity index is 256. The first-order chi connectivity index (χ1) is 7.79. The van der Waals surface area contributed by atoms with Crippen LogP contribution in [0.3, 0.4) is 0 Å². The summed E-state index contributed by atoms with van der Waals surface area (Å²) >= 11 is 0. The summed E-state index contributed by atoms with van der Waals surface area (Å²) < 4.78 is 0. The zero-order chi connectivity index (χ0) is 11.4. The molecule has 0 spiro atoms. The summed E-state index contributed by atoms with van der Waals surface area (Å²) in [6.45, 7) is 4.75. The van der Waals surface area contributed by atoms with Gasteiger partial charge in [-0.1, -0.05) is 0 Å². The van der Waals surface area contributed by atoms with Gasteiger partial charge in [0.1, 0.15) is 0 Å². The number of piperazine rings is 1. The van der Waals surface area contributed by atoms with Gasteiger partial charge in [-0.3, -0.25) is 9.59 Å². The maximum absolute atomic E-state index is 11.9. The Kier molecular flexibility index (Phi) is 3.77. The molecule has 0 aromatic heterocycles. The first-order valence-corrected chi connectivity index (χ1v) is 5.97. The van der Waals surface area contributed by atoms with Crippen LogP contribution in [0.1, 0.15) is 12.8 Å². The molecule has 2 heterocycles. The second-order valence-corrected chi connectivity index (χ2v) is 4.59. The second kappa shape index (κ2) is 5.30. The van der Waals surface area contributed by atoms with Crippen molar-refractivity contribution in [1.82, 2.24) is 15.1 Å². The molecule has 1 unspecified atom stereocenters. The molecule has 1 N–H and O–H groups in total. The molecule has 0 radical (unpaired) electrons. The molecule has 5 nitrogen and oxygen atoms in total. The minimum absolute atomic E-state index is 0.249. The van der Waals surface area contributed by atoms with Gasteiger partial charge >= 0.3 is 0 Å². The van der Waals surface area contributed by atoms with Gasteiger partial charge in [-0.05, 0) is 25.4 Å². The standard InChI is InChI=1S/C11H19N3O2/c15-9-13-3-5-14(6-4-13)11(16)7-10-1-2-12-8-10/h9-10,12H,1-8H2. The van der Waals surface area contributed by atoms with Crippen molar-refractivity contribution in [3.05, 3.63) is 0 Å². The van der Waals surface area contributed by atoms with Crippen LogP contribution in [-0.2, 0) is 9.59 Å². The number of hydrogen-bond donors (Lipinski definition) is 1. The highest BCUT2D eigenvalue weighted by Gasteiger charge is 2.24. The fraction of sp³-hybridized carbons (Fsp3) is 0.818. The number of rotatable bonds is 3. The number of nitrogens with one attached hydrogen (secondary N) is 1. The number of nitrogens with zero attached hydrogens (tertiary/aromatic N) is 2. The van der Waals surface area contributed by atoms with Crippen molar-refractivity contribution >= 4 is 12.3 Å². The van der Waals surface area contributed by atoms with E-state index in [0.29, 0.717) is 38.5 Å². The van der Waals surface area contributed by atoms with Crippen LogP contribution in [0.15, 0.2) is 0 Å². The van der Waals surface area contributed by atoms with Gasteiger partial charge in [-0.15, -0.1) is 0 Å². The molecule has 0 bridgehead atoms. The molecule has 5 heteroatoms. The SMILES string of the molecule is O=CN1CCN(C(=O)CC2CCNC2)CC1. The van der Waals surface area contributed by atoms with Gasteiger partial charge in [-0.2, -0.15) is 0 Å². The molecule has 2 amide bonds. The molecule has 2 rings (SSSR count).